The lowest BCUT2D eigenvalue weighted by molar-refractivity contribution is 0.628. The van der Waals surface area contributed by atoms with Gasteiger partial charge in [0.1, 0.15) is 11.6 Å². The standard InChI is InChI=1S/C15H18FN3/c1-3-19(14-6-4-13(16)5-7-14)15-10-12(11(2)17)8-9-18-15/h4-11H,3,17H2,1-2H3. The van der Waals surface area contributed by atoms with Crippen molar-refractivity contribution in [2.24, 2.45) is 5.73 Å². The van der Waals surface area contributed by atoms with Crippen LogP contribution in [0, 0.1) is 5.82 Å². The summed E-state index contributed by atoms with van der Waals surface area (Å²) in [6.07, 6.45) is 1.75. The molecule has 100 valence electrons. The van der Waals surface area contributed by atoms with E-state index in [1.54, 1.807) is 18.3 Å². The van der Waals surface area contributed by atoms with Gasteiger partial charge in [-0.3, -0.25) is 0 Å². The minimum Gasteiger partial charge on any atom is -0.327 e. The molecule has 0 aliphatic rings. The van der Waals surface area contributed by atoms with Gasteiger partial charge in [-0.2, -0.15) is 0 Å². The van der Waals surface area contributed by atoms with Crippen molar-refractivity contribution in [1.82, 2.24) is 4.98 Å². The van der Waals surface area contributed by atoms with E-state index in [4.69, 9.17) is 5.73 Å². The van der Waals surface area contributed by atoms with Crippen LogP contribution in [0.1, 0.15) is 25.5 Å². The normalized spacial score (nSPS) is 12.2. The van der Waals surface area contributed by atoms with Gasteiger partial charge in [0, 0.05) is 24.5 Å². The van der Waals surface area contributed by atoms with E-state index in [9.17, 15) is 4.39 Å². The number of halogens is 1. The van der Waals surface area contributed by atoms with Gasteiger partial charge in [0.25, 0.3) is 0 Å². The number of nitrogens with two attached hydrogens (primary N) is 1. The first-order valence-corrected chi connectivity index (χ1v) is 6.36. The lowest BCUT2D eigenvalue weighted by Crippen LogP contribution is -2.18. The zero-order valence-corrected chi connectivity index (χ0v) is 11.2. The van der Waals surface area contributed by atoms with E-state index >= 15 is 0 Å². The third-order valence-corrected chi connectivity index (χ3v) is 3.03. The highest BCUT2D eigenvalue weighted by atomic mass is 19.1. The third-order valence-electron chi connectivity index (χ3n) is 3.03. The van der Waals surface area contributed by atoms with Crippen molar-refractivity contribution in [3.05, 3.63) is 54.0 Å². The largest absolute Gasteiger partial charge is 0.327 e. The van der Waals surface area contributed by atoms with Crippen molar-refractivity contribution >= 4 is 11.5 Å². The van der Waals surface area contributed by atoms with Crippen LogP contribution in [0.2, 0.25) is 0 Å². The fraction of sp³-hybridized carbons (Fsp3) is 0.267. The molecule has 1 unspecified atom stereocenters. The molecule has 0 spiro atoms. The second-order valence-corrected chi connectivity index (χ2v) is 4.46. The Balaban J connectivity index is 2.36. The van der Waals surface area contributed by atoms with Gasteiger partial charge in [0.2, 0.25) is 0 Å². The molecule has 1 atom stereocenters. The molecule has 2 N–H and O–H groups in total. The fourth-order valence-electron chi connectivity index (χ4n) is 1.96. The van der Waals surface area contributed by atoms with Crippen molar-refractivity contribution in [1.29, 1.82) is 0 Å². The number of rotatable bonds is 4. The molecule has 4 heteroatoms. The summed E-state index contributed by atoms with van der Waals surface area (Å²) in [5, 5.41) is 0. The van der Waals surface area contributed by atoms with E-state index < -0.39 is 0 Å². The quantitative estimate of drug-likeness (QED) is 0.915. The smallest absolute Gasteiger partial charge is 0.133 e. The van der Waals surface area contributed by atoms with Crippen LogP contribution in [0.25, 0.3) is 0 Å². The maximum absolute atomic E-state index is 13.0. The topological polar surface area (TPSA) is 42.1 Å². The molecule has 1 aromatic carbocycles. The molecule has 3 nitrogen and oxygen atoms in total. The molecule has 0 fully saturated rings. The summed E-state index contributed by atoms with van der Waals surface area (Å²) in [4.78, 5) is 6.39. The van der Waals surface area contributed by atoms with E-state index in [0.29, 0.717) is 0 Å². The number of hydrogen-bond donors (Lipinski definition) is 1. The molecule has 2 aromatic rings. The van der Waals surface area contributed by atoms with Gasteiger partial charge >= 0.3 is 0 Å². The van der Waals surface area contributed by atoms with Gasteiger partial charge in [0.15, 0.2) is 0 Å². The molecule has 19 heavy (non-hydrogen) atoms. The van der Waals surface area contributed by atoms with Crippen LogP contribution in [-0.2, 0) is 0 Å². The summed E-state index contributed by atoms with van der Waals surface area (Å²) in [6, 6.07) is 10.2. The second-order valence-electron chi connectivity index (χ2n) is 4.46. The van der Waals surface area contributed by atoms with Crippen LogP contribution in [0.3, 0.4) is 0 Å². The Morgan fingerprint density at radius 1 is 1.26 bits per heavy atom. The monoisotopic (exact) mass is 259 g/mol. The van der Waals surface area contributed by atoms with Crippen molar-refractivity contribution in [2.75, 3.05) is 11.4 Å². The van der Waals surface area contributed by atoms with Gasteiger partial charge in [-0.15, -0.1) is 0 Å². The molecule has 0 bridgehead atoms. The van der Waals surface area contributed by atoms with E-state index in [1.807, 2.05) is 30.9 Å². The van der Waals surface area contributed by atoms with Crippen LogP contribution in [0.15, 0.2) is 42.6 Å². The minimum absolute atomic E-state index is 0.0336. The zero-order valence-electron chi connectivity index (χ0n) is 11.2. The van der Waals surface area contributed by atoms with E-state index in [1.165, 1.54) is 12.1 Å². The SMILES string of the molecule is CCN(c1ccc(F)cc1)c1cc(C(C)N)ccn1. The summed E-state index contributed by atoms with van der Waals surface area (Å²) in [6.45, 7) is 4.72. The summed E-state index contributed by atoms with van der Waals surface area (Å²) in [5.74, 6) is 0.584. The Labute approximate surface area is 112 Å². The first kappa shape index (κ1) is 13.5. The molecule has 0 saturated carbocycles. The molecule has 1 aromatic heterocycles. The van der Waals surface area contributed by atoms with Crippen molar-refractivity contribution in [3.63, 3.8) is 0 Å². The fourth-order valence-corrected chi connectivity index (χ4v) is 1.96. The lowest BCUT2D eigenvalue weighted by atomic mass is 10.1. The number of anilines is 2. The Morgan fingerprint density at radius 3 is 2.53 bits per heavy atom. The molecule has 1 heterocycles. The molecular formula is C15H18FN3. The molecule has 0 aliphatic carbocycles. The van der Waals surface area contributed by atoms with Crippen LogP contribution in [0.5, 0.6) is 0 Å². The number of aromatic nitrogens is 1. The molecule has 0 saturated heterocycles. The molecular weight excluding hydrogens is 241 g/mol. The number of pyridine rings is 1. The summed E-state index contributed by atoms with van der Waals surface area (Å²) in [7, 11) is 0. The highest BCUT2D eigenvalue weighted by Gasteiger charge is 2.10. The Bertz CT molecular complexity index is 537. The maximum atomic E-state index is 13.0. The highest BCUT2D eigenvalue weighted by molar-refractivity contribution is 5.60. The van der Waals surface area contributed by atoms with Gasteiger partial charge < -0.3 is 10.6 Å². The second kappa shape index (κ2) is 5.80. The molecule has 2 rings (SSSR count). The highest BCUT2D eigenvalue weighted by Crippen LogP contribution is 2.25. The maximum Gasteiger partial charge on any atom is 0.133 e. The summed E-state index contributed by atoms with van der Waals surface area (Å²) >= 11 is 0. The number of hydrogen-bond acceptors (Lipinski definition) is 3. The average molecular weight is 259 g/mol. The lowest BCUT2D eigenvalue weighted by Gasteiger charge is -2.23. The predicted molar refractivity (Wildman–Crippen MR) is 75.9 cm³/mol. The molecule has 0 radical (unpaired) electrons. The first-order chi connectivity index (χ1) is 9.11. The minimum atomic E-state index is -0.239. The zero-order chi connectivity index (χ0) is 13.8. The van der Waals surface area contributed by atoms with E-state index in [0.717, 1.165) is 23.6 Å². The van der Waals surface area contributed by atoms with Crippen molar-refractivity contribution < 1.29 is 4.39 Å². The summed E-state index contributed by atoms with van der Waals surface area (Å²) in [5.41, 5.74) is 7.83. The van der Waals surface area contributed by atoms with E-state index in [2.05, 4.69) is 4.98 Å². The van der Waals surface area contributed by atoms with Crippen molar-refractivity contribution in [3.8, 4) is 0 Å². The van der Waals surface area contributed by atoms with Crippen LogP contribution >= 0.6 is 0 Å². The predicted octanol–water partition coefficient (Wildman–Crippen LogP) is 3.40. The summed E-state index contributed by atoms with van der Waals surface area (Å²) < 4.78 is 13.0. The van der Waals surface area contributed by atoms with E-state index in [-0.39, 0.29) is 11.9 Å². The molecule has 0 aliphatic heterocycles. The number of benzene rings is 1. The third kappa shape index (κ3) is 3.09. The van der Waals surface area contributed by atoms with Crippen LogP contribution in [0.4, 0.5) is 15.9 Å². The molecule has 0 amide bonds. The van der Waals surface area contributed by atoms with Crippen LogP contribution in [-0.4, -0.2) is 11.5 Å². The first-order valence-electron chi connectivity index (χ1n) is 6.36. The Hall–Kier alpha value is -1.94. The number of nitrogens with zero attached hydrogens (tertiary/aromatic N) is 2. The van der Waals surface area contributed by atoms with Gasteiger partial charge in [-0.1, -0.05) is 0 Å². The average Bonchev–Trinajstić information content (AvgIpc) is 2.42. The Kier molecular flexibility index (Phi) is 4.12. The van der Waals surface area contributed by atoms with Crippen molar-refractivity contribution in [2.45, 2.75) is 19.9 Å². The van der Waals surface area contributed by atoms with Gasteiger partial charge in [-0.25, -0.2) is 9.37 Å². The van der Waals surface area contributed by atoms with Crippen LogP contribution < -0.4 is 10.6 Å². The van der Waals surface area contributed by atoms with Gasteiger partial charge in [0.05, 0.1) is 0 Å². The Morgan fingerprint density at radius 2 is 1.95 bits per heavy atom. The van der Waals surface area contributed by atoms with Gasteiger partial charge in [-0.05, 0) is 55.8 Å².